The second-order valence-corrected chi connectivity index (χ2v) is 8.39. The highest BCUT2D eigenvalue weighted by atomic mass is 16.5. The van der Waals surface area contributed by atoms with E-state index >= 15 is 0 Å². The van der Waals surface area contributed by atoms with Gasteiger partial charge in [0.2, 0.25) is 0 Å². The Kier molecular flexibility index (Phi) is 8.88. The van der Waals surface area contributed by atoms with E-state index in [0.717, 1.165) is 17.9 Å². The highest BCUT2D eigenvalue weighted by molar-refractivity contribution is 5.45. The van der Waals surface area contributed by atoms with Gasteiger partial charge in [0.15, 0.2) is 11.5 Å². The summed E-state index contributed by atoms with van der Waals surface area (Å²) < 4.78 is 12.3. The molecule has 2 heteroatoms. The smallest absolute Gasteiger partial charge is 0.162 e. The largest absolute Gasteiger partial charge is 0.484 e. The zero-order valence-electron chi connectivity index (χ0n) is 17.9. The fraction of sp³-hybridized carbons (Fsp3) is 0.727. The normalized spacial score (nSPS) is 13.2. The second-order valence-electron chi connectivity index (χ2n) is 8.39. The SMILES string of the molecule is CC.CCC(c1ccc(OC(C)(C)C)c(OC(C)(C)C)c1)C(C)C. The Morgan fingerprint density at radius 2 is 1.29 bits per heavy atom. The third-order valence-electron chi connectivity index (χ3n) is 3.47. The molecule has 0 N–H and O–H groups in total. The Bertz CT molecular complexity index is 476. The molecule has 0 fully saturated rings. The average molecular weight is 337 g/mol. The average Bonchev–Trinajstić information content (AvgIpc) is 2.41. The molecule has 0 radical (unpaired) electrons. The lowest BCUT2D eigenvalue weighted by Crippen LogP contribution is -2.26. The molecule has 0 amide bonds. The van der Waals surface area contributed by atoms with Crippen molar-refractivity contribution in [3.05, 3.63) is 23.8 Å². The number of rotatable bonds is 5. The molecule has 1 unspecified atom stereocenters. The fourth-order valence-corrected chi connectivity index (χ4v) is 2.67. The van der Waals surface area contributed by atoms with Crippen LogP contribution < -0.4 is 9.47 Å². The molecule has 2 nitrogen and oxygen atoms in total. The zero-order chi connectivity index (χ0) is 19.1. The first kappa shape index (κ1) is 22.8. The van der Waals surface area contributed by atoms with Crippen molar-refractivity contribution < 1.29 is 9.47 Å². The van der Waals surface area contributed by atoms with Gasteiger partial charge in [0.1, 0.15) is 11.2 Å². The molecule has 140 valence electrons. The molecular weight excluding hydrogens is 296 g/mol. The maximum absolute atomic E-state index is 6.17. The van der Waals surface area contributed by atoms with Crippen molar-refractivity contribution in [1.82, 2.24) is 0 Å². The zero-order valence-corrected chi connectivity index (χ0v) is 17.9. The topological polar surface area (TPSA) is 18.5 Å². The van der Waals surface area contributed by atoms with Gasteiger partial charge in [-0.25, -0.2) is 0 Å². The van der Waals surface area contributed by atoms with Crippen LogP contribution in [-0.4, -0.2) is 11.2 Å². The van der Waals surface area contributed by atoms with E-state index in [4.69, 9.17) is 9.47 Å². The molecule has 0 aliphatic rings. The molecule has 1 aromatic carbocycles. The van der Waals surface area contributed by atoms with Crippen LogP contribution in [0.5, 0.6) is 11.5 Å². The first-order valence-electron chi connectivity index (χ1n) is 9.45. The lowest BCUT2D eigenvalue weighted by molar-refractivity contribution is 0.0955. The Morgan fingerprint density at radius 1 is 0.833 bits per heavy atom. The molecular formula is C22H40O2. The summed E-state index contributed by atoms with van der Waals surface area (Å²) in [5.74, 6) is 2.83. The van der Waals surface area contributed by atoms with E-state index in [1.165, 1.54) is 5.56 Å². The monoisotopic (exact) mass is 336 g/mol. The number of benzene rings is 1. The van der Waals surface area contributed by atoms with Crippen LogP contribution in [0.15, 0.2) is 18.2 Å². The molecule has 0 heterocycles. The minimum absolute atomic E-state index is 0.236. The lowest BCUT2D eigenvalue weighted by atomic mass is 9.86. The van der Waals surface area contributed by atoms with Crippen LogP contribution in [0.4, 0.5) is 0 Å². The van der Waals surface area contributed by atoms with E-state index in [9.17, 15) is 0 Å². The molecule has 0 saturated heterocycles. The molecule has 0 aliphatic carbocycles. The van der Waals surface area contributed by atoms with E-state index in [-0.39, 0.29) is 11.2 Å². The predicted octanol–water partition coefficient (Wildman–Crippen LogP) is 7.22. The lowest BCUT2D eigenvalue weighted by Gasteiger charge is -2.28. The van der Waals surface area contributed by atoms with Crippen molar-refractivity contribution in [1.29, 1.82) is 0 Å². The summed E-state index contributed by atoms with van der Waals surface area (Å²) in [6, 6.07) is 6.41. The Labute approximate surface area is 151 Å². The second kappa shape index (κ2) is 9.34. The van der Waals surface area contributed by atoms with Gasteiger partial charge in [-0.3, -0.25) is 0 Å². The standard InChI is InChI=1S/C20H34O2.C2H6/c1-10-16(14(2)3)15-11-12-17(21-19(4,5)6)18(13-15)22-20(7,8)9;1-2/h11-14,16H,10H2,1-9H3;1-2H3. The quantitative estimate of drug-likeness (QED) is 0.565. The Morgan fingerprint density at radius 3 is 1.67 bits per heavy atom. The molecule has 0 bridgehead atoms. The van der Waals surface area contributed by atoms with Gasteiger partial charge >= 0.3 is 0 Å². The summed E-state index contributed by atoms with van der Waals surface area (Å²) >= 11 is 0. The van der Waals surface area contributed by atoms with E-state index in [0.29, 0.717) is 11.8 Å². The van der Waals surface area contributed by atoms with Gasteiger partial charge in [-0.05, 0) is 77.5 Å². The van der Waals surface area contributed by atoms with Gasteiger partial charge in [0.05, 0.1) is 0 Å². The molecule has 0 aromatic heterocycles. The first-order chi connectivity index (χ1) is 10.9. The fourth-order valence-electron chi connectivity index (χ4n) is 2.67. The van der Waals surface area contributed by atoms with Crippen molar-refractivity contribution in [2.75, 3.05) is 0 Å². The van der Waals surface area contributed by atoms with E-state index in [1.807, 2.05) is 13.8 Å². The summed E-state index contributed by atoms with van der Waals surface area (Å²) in [6.07, 6.45) is 1.13. The number of hydrogen-bond acceptors (Lipinski definition) is 2. The summed E-state index contributed by atoms with van der Waals surface area (Å²) in [5.41, 5.74) is 0.853. The summed E-state index contributed by atoms with van der Waals surface area (Å²) in [6.45, 7) is 23.2. The van der Waals surface area contributed by atoms with Crippen LogP contribution in [0.25, 0.3) is 0 Å². The molecule has 24 heavy (non-hydrogen) atoms. The Balaban J connectivity index is 0.00000254. The third-order valence-corrected chi connectivity index (χ3v) is 3.47. The minimum atomic E-state index is -0.242. The number of hydrogen-bond donors (Lipinski definition) is 0. The Hall–Kier alpha value is -1.18. The third kappa shape index (κ3) is 8.08. The summed E-state index contributed by atoms with van der Waals surface area (Å²) in [7, 11) is 0. The molecule has 1 aromatic rings. The van der Waals surface area contributed by atoms with Gasteiger partial charge < -0.3 is 9.47 Å². The van der Waals surface area contributed by atoms with Gasteiger partial charge in [-0.1, -0.05) is 40.7 Å². The van der Waals surface area contributed by atoms with Crippen LogP contribution in [0.3, 0.4) is 0 Å². The highest BCUT2D eigenvalue weighted by Crippen LogP contribution is 2.38. The molecule has 0 saturated carbocycles. The highest BCUT2D eigenvalue weighted by Gasteiger charge is 2.22. The van der Waals surface area contributed by atoms with E-state index < -0.39 is 0 Å². The summed E-state index contributed by atoms with van der Waals surface area (Å²) in [5, 5.41) is 0. The maximum atomic E-state index is 6.17. The molecule has 1 atom stereocenters. The van der Waals surface area contributed by atoms with Crippen molar-refractivity contribution in [2.45, 2.75) is 99.7 Å². The predicted molar refractivity (Wildman–Crippen MR) is 106 cm³/mol. The van der Waals surface area contributed by atoms with Gasteiger partial charge in [-0.15, -0.1) is 0 Å². The molecule has 1 rings (SSSR count). The first-order valence-corrected chi connectivity index (χ1v) is 9.45. The van der Waals surface area contributed by atoms with Crippen molar-refractivity contribution in [2.24, 2.45) is 5.92 Å². The van der Waals surface area contributed by atoms with Gasteiger partial charge in [0, 0.05) is 0 Å². The van der Waals surface area contributed by atoms with Crippen molar-refractivity contribution in [3.63, 3.8) is 0 Å². The minimum Gasteiger partial charge on any atom is -0.484 e. The van der Waals surface area contributed by atoms with Crippen LogP contribution in [0, 0.1) is 5.92 Å². The van der Waals surface area contributed by atoms with Crippen LogP contribution in [-0.2, 0) is 0 Å². The number of ether oxygens (including phenoxy) is 2. The maximum Gasteiger partial charge on any atom is 0.162 e. The molecule has 0 spiro atoms. The van der Waals surface area contributed by atoms with Crippen LogP contribution >= 0.6 is 0 Å². The van der Waals surface area contributed by atoms with Crippen LogP contribution in [0.1, 0.15) is 94.1 Å². The van der Waals surface area contributed by atoms with E-state index in [2.05, 4.69) is 80.5 Å². The van der Waals surface area contributed by atoms with E-state index in [1.54, 1.807) is 0 Å². The van der Waals surface area contributed by atoms with Crippen molar-refractivity contribution in [3.8, 4) is 11.5 Å². The van der Waals surface area contributed by atoms with Crippen molar-refractivity contribution >= 4 is 0 Å². The van der Waals surface area contributed by atoms with Gasteiger partial charge in [-0.2, -0.15) is 0 Å². The van der Waals surface area contributed by atoms with Crippen LogP contribution in [0.2, 0.25) is 0 Å². The van der Waals surface area contributed by atoms with Gasteiger partial charge in [0.25, 0.3) is 0 Å². The molecule has 0 aliphatic heterocycles. The summed E-state index contributed by atoms with van der Waals surface area (Å²) in [4.78, 5) is 0.